The highest BCUT2D eigenvalue weighted by atomic mass is 16.2. The lowest BCUT2D eigenvalue weighted by molar-refractivity contribution is 0.0985. The predicted molar refractivity (Wildman–Crippen MR) is 115 cm³/mol. The highest BCUT2D eigenvalue weighted by Crippen LogP contribution is 2.20. The Morgan fingerprint density at radius 2 is 1.47 bits per heavy atom. The average molecular weight is 398 g/mol. The standard InChI is InChI=1S/C23H18N4O3/c1-26(16-13-11-15(12-14-16)21(24)28)23(30)20-18-9-5-6-10-19(18)22(29)27(25-20)17-7-3-2-4-8-17/h2-14H,1H3,(H2,24,28). The summed E-state index contributed by atoms with van der Waals surface area (Å²) >= 11 is 0. The Morgan fingerprint density at radius 1 is 0.867 bits per heavy atom. The second-order valence-electron chi connectivity index (χ2n) is 6.72. The first kappa shape index (κ1) is 19.1. The molecule has 0 aliphatic rings. The van der Waals surface area contributed by atoms with E-state index in [0.29, 0.717) is 27.7 Å². The summed E-state index contributed by atoms with van der Waals surface area (Å²) in [5.74, 6) is -0.930. The SMILES string of the molecule is CN(C(=O)c1nn(-c2ccccc2)c(=O)c2ccccc12)c1ccc(C(N)=O)cc1. The zero-order valence-corrected chi connectivity index (χ0v) is 16.1. The molecule has 30 heavy (non-hydrogen) atoms. The van der Waals surface area contributed by atoms with Crippen LogP contribution in [-0.4, -0.2) is 28.6 Å². The van der Waals surface area contributed by atoms with Crippen molar-refractivity contribution in [2.75, 3.05) is 11.9 Å². The molecule has 0 atom stereocenters. The molecule has 0 unspecified atom stereocenters. The first-order valence-electron chi connectivity index (χ1n) is 9.23. The molecule has 1 heterocycles. The quantitative estimate of drug-likeness (QED) is 0.571. The van der Waals surface area contributed by atoms with Gasteiger partial charge >= 0.3 is 0 Å². The number of amides is 2. The van der Waals surface area contributed by atoms with Gasteiger partial charge in [0.15, 0.2) is 5.69 Å². The van der Waals surface area contributed by atoms with Crippen LogP contribution in [0.5, 0.6) is 0 Å². The molecule has 0 spiro atoms. The molecule has 1 aromatic heterocycles. The van der Waals surface area contributed by atoms with Gasteiger partial charge in [0.05, 0.1) is 11.1 Å². The summed E-state index contributed by atoms with van der Waals surface area (Å²) in [4.78, 5) is 39.0. The third kappa shape index (κ3) is 3.33. The molecule has 0 fully saturated rings. The van der Waals surface area contributed by atoms with Crippen LogP contribution in [0.2, 0.25) is 0 Å². The maximum Gasteiger partial charge on any atom is 0.279 e. The first-order chi connectivity index (χ1) is 14.5. The summed E-state index contributed by atoms with van der Waals surface area (Å²) in [5.41, 5.74) is 6.60. The number of anilines is 1. The van der Waals surface area contributed by atoms with Crippen LogP contribution >= 0.6 is 0 Å². The van der Waals surface area contributed by atoms with E-state index in [9.17, 15) is 14.4 Å². The Balaban J connectivity index is 1.85. The van der Waals surface area contributed by atoms with Gasteiger partial charge in [-0.1, -0.05) is 36.4 Å². The fraction of sp³-hybridized carbons (Fsp3) is 0.0435. The van der Waals surface area contributed by atoms with E-state index < -0.39 is 5.91 Å². The molecule has 0 bridgehead atoms. The molecule has 7 nitrogen and oxygen atoms in total. The van der Waals surface area contributed by atoms with E-state index >= 15 is 0 Å². The van der Waals surface area contributed by atoms with Gasteiger partial charge in [-0.2, -0.15) is 9.78 Å². The van der Waals surface area contributed by atoms with Crippen molar-refractivity contribution in [1.29, 1.82) is 0 Å². The van der Waals surface area contributed by atoms with Crippen LogP contribution in [-0.2, 0) is 0 Å². The summed E-state index contributed by atoms with van der Waals surface area (Å²) in [6.07, 6.45) is 0. The van der Waals surface area contributed by atoms with Gasteiger partial charge in [0.1, 0.15) is 0 Å². The highest BCUT2D eigenvalue weighted by Gasteiger charge is 2.21. The monoisotopic (exact) mass is 398 g/mol. The van der Waals surface area contributed by atoms with E-state index in [0.717, 1.165) is 0 Å². The van der Waals surface area contributed by atoms with Gasteiger partial charge in [-0.15, -0.1) is 0 Å². The minimum Gasteiger partial charge on any atom is -0.366 e. The van der Waals surface area contributed by atoms with E-state index in [1.54, 1.807) is 79.8 Å². The zero-order chi connectivity index (χ0) is 21.3. The van der Waals surface area contributed by atoms with E-state index in [1.807, 2.05) is 6.07 Å². The Hall–Kier alpha value is -4.26. The number of carbonyl (C=O) groups excluding carboxylic acids is 2. The van der Waals surface area contributed by atoms with Crippen LogP contribution in [0.4, 0.5) is 5.69 Å². The summed E-state index contributed by atoms with van der Waals surface area (Å²) < 4.78 is 1.24. The fourth-order valence-corrected chi connectivity index (χ4v) is 3.22. The van der Waals surface area contributed by atoms with Gasteiger partial charge in [-0.05, 0) is 42.5 Å². The topological polar surface area (TPSA) is 98.3 Å². The molecule has 2 N–H and O–H groups in total. The molecule has 2 amide bonds. The molecule has 0 saturated heterocycles. The van der Waals surface area contributed by atoms with E-state index in [1.165, 1.54) is 9.58 Å². The lowest BCUT2D eigenvalue weighted by Gasteiger charge is -2.19. The maximum atomic E-state index is 13.3. The Labute approximate surface area is 172 Å². The minimum absolute atomic E-state index is 0.149. The maximum absolute atomic E-state index is 13.3. The van der Waals surface area contributed by atoms with Crippen LogP contribution in [0.25, 0.3) is 16.5 Å². The summed E-state index contributed by atoms with van der Waals surface area (Å²) in [6.45, 7) is 0. The smallest absolute Gasteiger partial charge is 0.279 e. The van der Waals surface area contributed by atoms with Gasteiger partial charge in [0.2, 0.25) is 5.91 Å². The van der Waals surface area contributed by atoms with Crippen molar-refractivity contribution >= 4 is 28.3 Å². The number of nitrogens with zero attached hydrogens (tertiary/aromatic N) is 3. The summed E-state index contributed by atoms with van der Waals surface area (Å²) in [7, 11) is 1.61. The Bertz CT molecular complexity index is 1310. The lowest BCUT2D eigenvalue weighted by atomic mass is 10.1. The van der Waals surface area contributed by atoms with E-state index in [-0.39, 0.29) is 17.2 Å². The molecular formula is C23H18N4O3. The number of aromatic nitrogens is 2. The molecule has 7 heteroatoms. The van der Waals surface area contributed by atoms with E-state index in [4.69, 9.17) is 5.73 Å². The number of benzene rings is 3. The van der Waals surface area contributed by atoms with Crippen molar-refractivity contribution in [3.05, 3.63) is 100 Å². The number of fused-ring (bicyclic) bond motifs is 1. The summed E-state index contributed by atoms with van der Waals surface area (Å²) in [6, 6.07) is 22.2. The summed E-state index contributed by atoms with van der Waals surface area (Å²) in [5, 5.41) is 5.27. The predicted octanol–water partition coefficient (Wildman–Crippen LogP) is 2.76. The van der Waals surface area contributed by atoms with E-state index in [2.05, 4.69) is 5.10 Å². The first-order valence-corrected chi connectivity index (χ1v) is 9.23. The molecular weight excluding hydrogens is 380 g/mol. The second kappa shape index (κ2) is 7.63. The number of nitrogens with two attached hydrogens (primary N) is 1. The highest BCUT2D eigenvalue weighted by molar-refractivity contribution is 6.12. The average Bonchev–Trinajstić information content (AvgIpc) is 2.79. The van der Waals surface area contributed by atoms with Crippen molar-refractivity contribution in [3.8, 4) is 5.69 Å². The van der Waals surface area contributed by atoms with Gasteiger partial charge in [0, 0.05) is 23.7 Å². The van der Waals surface area contributed by atoms with Crippen LogP contribution in [0.1, 0.15) is 20.8 Å². The van der Waals surface area contributed by atoms with Gasteiger partial charge in [-0.25, -0.2) is 0 Å². The van der Waals surface area contributed by atoms with Crippen molar-refractivity contribution in [1.82, 2.24) is 9.78 Å². The van der Waals surface area contributed by atoms with Crippen molar-refractivity contribution < 1.29 is 9.59 Å². The zero-order valence-electron chi connectivity index (χ0n) is 16.1. The number of para-hydroxylation sites is 1. The largest absolute Gasteiger partial charge is 0.366 e. The normalized spacial score (nSPS) is 10.7. The lowest BCUT2D eigenvalue weighted by Crippen LogP contribution is -2.31. The van der Waals surface area contributed by atoms with Gasteiger partial charge in [0.25, 0.3) is 11.5 Å². The van der Waals surface area contributed by atoms with Crippen LogP contribution in [0.15, 0.2) is 83.7 Å². The van der Waals surface area contributed by atoms with Crippen LogP contribution in [0.3, 0.4) is 0 Å². The molecule has 0 aliphatic carbocycles. The van der Waals surface area contributed by atoms with Crippen molar-refractivity contribution in [2.45, 2.75) is 0 Å². The number of hydrogen-bond donors (Lipinski definition) is 1. The third-order valence-corrected chi connectivity index (χ3v) is 4.85. The molecule has 0 saturated carbocycles. The Kier molecular flexibility index (Phi) is 4.85. The number of hydrogen-bond acceptors (Lipinski definition) is 4. The number of carbonyl (C=O) groups is 2. The number of primary amides is 1. The Morgan fingerprint density at radius 3 is 2.10 bits per heavy atom. The molecule has 4 rings (SSSR count). The number of rotatable bonds is 4. The van der Waals surface area contributed by atoms with Crippen molar-refractivity contribution in [2.24, 2.45) is 5.73 Å². The minimum atomic E-state index is -0.543. The second-order valence-corrected chi connectivity index (χ2v) is 6.72. The molecule has 0 radical (unpaired) electrons. The van der Waals surface area contributed by atoms with Crippen molar-refractivity contribution in [3.63, 3.8) is 0 Å². The molecule has 3 aromatic carbocycles. The fourth-order valence-electron chi connectivity index (χ4n) is 3.22. The van der Waals surface area contributed by atoms with Gasteiger partial charge in [-0.3, -0.25) is 14.4 Å². The molecule has 4 aromatic rings. The van der Waals surface area contributed by atoms with Crippen LogP contribution < -0.4 is 16.2 Å². The van der Waals surface area contributed by atoms with Crippen LogP contribution in [0, 0.1) is 0 Å². The van der Waals surface area contributed by atoms with Gasteiger partial charge < -0.3 is 10.6 Å². The molecule has 0 aliphatic heterocycles. The third-order valence-electron chi connectivity index (χ3n) is 4.85. The molecule has 148 valence electrons.